The van der Waals surface area contributed by atoms with Gasteiger partial charge in [-0.1, -0.05) is 31.9 Å². The van der Waals surface area contributed by atoms with Gasteiger partial charge >= 0.3 is 0 Å². The summed E-state index contributed by atoms with van der Waals surface area (Å²) >= 11 is 6.72. The van der Waals surface area contributed by atoms with Crippen LogP contribution in [0.4, 0.5) is 0 Å². The summed E-state index contributed by atoms with van der Waals surface area (Å²) in [7, 11) is 0. The zero-order valence-corrected chi connectivity index (χ0v) is 12.9. The van der Waals surface area contributed by atoms with Crippen LogP contribution in [-0.2, 0) is 4.79 Å². The monoisotopic (exact) mass is 373 g/mol. The van der Waals surface area contributed by atoms with Crippen LogP contribution in [0.1, 0.15) is 36.0 Å². The van der Waals surface area contributed by atoms with Crippen molar-refractivity contribution in [2.75, 3.05) is 0 Å². The molecule has 96 valence electrons. The van der Waals surface area contributed by atoms with E-state index in [0.29, 0.717) is 24.2 Å². The lowest BCUT2D eigenvalue weighted by molar-refractivity contribution is -0.120. The molecule has 1 aliphatic carbocycles. The fourth-order valence-electron chi connectivity index (χ4n) is 2.04. The summed E-state index contributed by atoms with van der Waals surface area (Å²) in [5, 5.41) is 2.98. The molecule has 1 aromatic carbocycles. The molecule has 1 amide bonds. The zero-order chi connectivity index (χ0) is 13.1. The van der Waals surface area contributed by atoms with Gasteiger partial charge in [0.2, 0.25) is 0 Å². The maximum Gasteiger partial charge on any atom is 0.251 e. The second-order valence-electron chi connectivity index (χ2n) is 4.44. The standard InChI is InChI=1S/C13H13Br2NO2/c14-9-5-8(6-10(15)7-9)13(18)16-11-1-3-12(17)4-2-11/h5-7,11H,1-4H2,(H,16,18). The van der Waals surface area contributed by atoms with E-state index in [2.05, 4.69) is 37.2 Å². The van der Waals surface area contributed by atoms with Gasteiger partial charge < -0.3 is 5.32 Å². The summed E-state index contributed by atoms with van der Waals surface area (Å²) in [6.45, 7) is 0. The van der Waals surface area contributed by atoms with Crippen LogP contribution in [0.25, 0.3) is 0 Å². The highest BCUT2D eigenvalue weighted by atomic mass is 79.9. The summed E-state index contributed by atoms with van der Waals surface area (Å²) in [4.78, 5) is 23.2. The van der Waals surface area contributed by atoms with E-state index in [9.17, 15) is 9.59 Å². The number of halogens is 2. The van der Waals surface area contributed by atoms with Crippen LogP contribution in [0.15, 0.2) is 27.1 Å². The molecule has 5 heteroatoms. The highest BCUT2D eigenvalue weighted by molar-refractivity contribution is 9.11. The Morgan fingerprint density at radius 1 is 1.11 bits per heavy atom. The number of rotatable bonds is 2. The molecular formula is C13H13Br2NO2. The summed E-state index contributed by atoms with van der Waals surface area (Å²) in [5.41, 5.74) is 0.619. The third kappa shape index (κ3) is 3.65. The minimum Gasteiger partial charge on any atom is -0.349 e. The van der Waals surface area contributed by atoms with Crippen molar-refractivity contribution in [1.82, 2.24) is 5.32 Å². The molecule has 1 saturated carbocycles. The Bertz CT molecular complexity index is 458. The van der Waals surface area contributed by atoms with Gasteiger partial charge in [0.25, 0.3) is 5.91 Å². The number of hydrogen-bond acceptors (Lipinski definition) is 2. The average molecular weight is 375 g/mol. The summed E-state index contributed by atoms with van der Waals surface area (Å²) in [6, 6.07) is 5.58. The summed E-state index contributed by atoms with van der Waals surface area (Å²) in [6.07, 6.45) is 2.65. The van der Waals surface area contributed by atoms with Crippen LogP contribution in [0, 0.1) is 0 Å². The smallest absolute Gasteiger partial charge is 0.251 e. The van der Waals surface area contributed by atoms with Crippen molar-refractivity contribution in [2.45, 2.75) is 31.7 Å². The Morgan fingerprint density at radius 2 is 1.67 bits per heavy atom. The van der Waals surface area contributed by atoms with Gasteiger partial charge in [0.1, 0.15) is 5.78 Å². The van der Waals surface area contributed by atoms with Crippen molar-refractivity contribution in [3.63, 3.8) is 0 Å². The Kier molecular flexibility index (Phi) is 4.56. The first-order valence-corrected chi connectivity index (χ1v) is 7.42. The van der Waals surface area contributed by atoms with Crippen molar-refractivity contribution < 1.29 is 9.59 Å². The second-order valence-corrected chi connectivity index (χ2v) is 6.28. The number of hydrogen-bond donors (Lipinski definition) is 1. The molecule has 0 spiro atoms. The third-order valence-electron chi connectivity index (χ3n) is 3.00. The number of carbonyl (C=O) groups is 2. The molecule has 0 saturated heterocycles. The lowest BCUT2D eigenvalue weighted by atomic mass is 9.94. The first-order valence-electron chi connectivity index (χ1n) is 5.83. The van der Waals surface area contributed by atoms with E-state index < -0.39 is 0 Å². The van der Waals surface area contributed by atoms with Crippen molar-refractivity contribution in [3.8, 4) is 0 Å². The maximum atomic E-state index is 12.1. The lowest BCUT2D eigenvalue weighted by Gasteiger charge is -2.22. The van der Waals surface area contributed by atoms with Crippen LogP contribution >= 0.6 is 31.9 Å². The van der Waals surface area contributed by atoms with Crippen molar-refractivity contribution in [3.05, 3.63) is 32.7 Å². The first kappa shape index (κ1) is 13.7. The number of carbonyl (C=O) groups excluding carboxylic acids is 2. The van der Waals surface area contributed by atoms with Gasteiger partial charge in [-0.3, -0.25) is 9.59 Å². The van der Waals surface area contributed by atoms with Gasteiger partial charge in [0.15, 0.2) is 0 Å². The molecule has 1 aromatic rings. The molecule has 0 heterocycles. The molecule has 1 aliphatic rings. The van der Waals surface area contributed by atoms with E-state index in [-0.39, 0.29) is 11.9 Å². The highest BCUT2D eigenvalue weighted by Crippen LogP contribution is 2.21. The molecule has 0 radical (unpaired) electrons. The second kappa shape index (κ2) is 5.97. The molecule has 2 rings (SSSR count). The lowest BCUT2D eigenvalue weighted by Crippen LogP contribution is -2.37. The molecule has 0 aromatic heterocycles. The normalized spacial score (nSPS) is 16.7. The van der Waals surface area contributed by atoms with E-state index in [0.717, 1.165) is 21.8 Å². The fraction of sp³-hybridized carbons (Fsp3) is 0.385. The Balaban J connectivity index is 2.01. The largest absolute Gasteiger partial charge is 0.349 e. The van der Waals surface area contributed by atoms with Crippen molar-refractivity contribution >= 4 is 43.6 Å². The van der Waals surface area contributed by atoms with Crippen LogP contribution in [0.3, 0.4) is 0 Å². The topological polar surface area (TPSA) is 46.2 Å². The predicted octanol–water partition coefficient (Wildman–Crippen LogP) is 3.45. The maximum absolute atomic E-state index is 12.1. The van der Waals surface area contributed by atoms with Gasteiger partial charge in [-0.15, -0.1) is 0 Å². The number of nitrogens with one attached hydrogen (secondary N) is 1. The van der Waals surface area contributed by atoms with Crippen molar-refractivity contribution in [2.24, 2.45) is 0 Å². The molecular weight excluding hydrogens is 362 g/mol. The first-order chi connectivity index (χ1) is 8.54. The molecule has 18 heavy (non-hydrogen) atoms. The van der Waals surface area contributed by atoms with E-state index in [1.165, 1.54) is 0 Å². The zero-order valence-electron chi connectivity index (χ0n) is 9.71. The molecule has 0 atom stereocenters. The molecule has 0 bridgehead atoms. The van der Waals surface area contributed by atoms with E-state index in [1.54, 1.807) is 12.1 Å². The fourth-order valence-corrected chi connectivity index (χ4v) is 3.33. The minimum atomic E-state index is -0.0867. The number of amides is 1. The minimum absolute atomic E-state index is 0.0867. The number of Topliss-reactive ketones (excluding diaryl/α,β-unsaturated/α-hetero) is 1. The van der Waals surface area contributed by atoms with E-state index in [4.69, 9.17) is 0 Å². The quantitative estimate of drug-likeness (QED) is 0.861. The van der Waals surface area contributed by atoms with Crippen molar-refractivity contribution in [1.29, 1.82) is 0 Å². The SMILES string of the molecule is O=C1CCC(NC(=O)c2cc(Br)cc(Br)c2)CC1. The molecule has 0 aliphatic heterocycles. The molecule has 1 fully saturated rings. The van der Waals surface area contributed by atoms with Gasteiger partial charge in [-0.25, -0.2) is 0 Å². The van der Waals surface area contributed by atoms with E-state index >= 15 is 0 Å². The van der Waals surface area contributed by atoms with Crippen LogP contribution in [0.2, 0.25) is 0 Å². The molecule has 3 nitrogen and oxygen atoms in total. The van der Waals surface area contributed by atoms with Gasteiger partial charge in [-0.2, -0.15) is 0 Å². The number of ketones is 1. The van der Waals surface area contributed by atoms with Gasteiger partial charge in [-0.05, 0) is 31.0 Å². The molecule has 1 N–H and O–H groups in total. The van der Waals surface area contributed by atoms with Gasteiger partial charge in [0.05, 0.1) is 0 Å². The van der Waals surface area contributed by atoms with Gasteiger partial charge in [0, 0.05) is 33.4 Å². The highest BCUT2D eigenvalue weighted by Gasteiger charge is 2.20. The van der Waals surface area contributed by atoms with Crippen LogP contribution in [-0.4, -0.2) is 17.7 Å². The van der Waals surface area contributed by atoms with E-state index in [1.807, 2.05) is 6.07 Å². The third-order valence-corrected chi connectivity index (χ3v) is 3.92. The molecule has 0 unspecified atom stereocenters. The van der Waals surface area contributed by atoms with Crippen LogP contribution < -0.4 is 5.32 Å². The Morgan fingerprint density at radius 3 is 2.22 bits per heavy atom. The van der Waals surface area contributed by atoms with Crippen LogP contribution in [0.5, 0.6) is 0 Å². The predicted molar refractivity (Wildman–Crippen MR) is 76.6 cm³/mol. The Hall–Kier alpha value is -0.680. The number of benzene rings is 1. The summed E-state index contributed by atoms with van der Waals surface area (Å²) in [5.74, 6) is 0.210. The Labute approximate surface area is 123 Å². The summed E-state index contributed by atoms with van der Waals surface area (Å²) < 4.78 is 1.72. The average Bonchev–Trinajstić information content (AvgIpc) is 2.31.